The number of piperidine rings is 1. The Kier molecular flexibility index (Phi) is 7.74. The van der Waals surface area contributed by atoms with Gasteiger partial charge in [0.05, 0.1) is 6.26 Å². The standard InChI is InChI=1S/C24H37N3O4S/c1-32(29,30)27-13-7-20(8-14-27)18-25-24(28)22-4-5-23-21(17-22)3-2-11-26(23)12-6-19-9-15-31-16-10-19/h4-5,17,19-20H,2-3,6-16,18H2,1H3,(H,25,28). The third kappa shape index (κ3) is 6.02. The van der Waals surface area contributed by atoms with Gasteiger partial charge in [0.25, 0.3) is 5.91 Å². The van der Waals surface area contributed by atoms with Crippen molar-refractivity contribution in [3.8, 4) is 0 Å². The van der Waals surface area contributed by atoms with E-state index in [0.29, 0.717) is 25.6 Å². The van der Waals surface area contributed by atoms with Crippen molar-refractivity contribution in [2.75, 3.05) is 57.1 Å². The predicted molar refractivity (Wildman–Crippen MR) is 127 cm³/mol. The summed E-state index contributed by atoms with van der Waals surface area (Å²) in [7, 11) is -3.11. The highest BCUT2D eigenvalue weighted by molar-refractivity contribution is 7.88. The van der Waals surface area contributed by atoms with E-state index in [-0.39, 0.29) is 5.91 Å². The van der Waals surface area contributed by atoms with Crippen LogP contribution in [-0.4, -0.2) is 70.8 Å². The summed E-state index contributed by atoms with van der Waals surface area (Å²) < 4.78 is 30.3. The van der Waals surface area contributed by atoms with Crippen LogP contribution in [0, 0.1) is 11.8 Å². The minimum Gasteiger partial charge on any atom is -0.381 e. The largest absolute Gasteiger partial charge is 0.381 e. The van der Waals surface area contributed by atoms with Crippen molar-refractivity contribution in [3.05, 3.63) is 29.3 Å². The fourth-order valence-corrected chi connectivity index (χ4v) is 6.08. The molecule has 0 bridgehead atoms. The number of fused-ring (bicyclic) bond motifs is 1. The van der Waals surface area contributed by atoms with Gasteiger partial charge < -0.3 is 15.0 Å². The number of carbonyl (C=O) groups is 1. The summed E-state index contributed by atoms with van der Waals surface area (Å²) >= 11 is 0. The van der Waals surface area contributed by atoms with E-state index < -0.39 is 10.0 Å². The van der Waals surface area contributed by atoms with Crippen LogP contribution in [-0.2, 0) is 21.2 Å². The second-order valence-corrected chi connectivity index (χ2v) is 11.6. The number of hydrogen-bond acceptors (Lipinski definition) is 5. The van der Waals surface area contributed by atoms with E-state index in [1.165, 1.54) is 41.1 Å². The van der Waals surface area contributed by atoms with Crippen molar-refractivity contribution < 1.29 is 17.9 Å². The van der Waals surface area contributed by atoms with E-state index in [4.69, 9.17) is 4.74 Å². The zero-order valence-electron chi connectivity index (χ0n) is 19.2. The number of anilines is 1. The maximum absolute atomic E-state index is 12.8. The van der Waals surface area contributed by atoms with Crippen LogP contribution >= 0.6 is 0 Å². The number of aryl methyl sites for hydroxylation is 1. The van der Waals surface area contributed by atoms with E-state index in [0.717, 1.165) is 63.5 Å². The molecule has 2 fully saturated rings. The molecule has 8 heteroatoms. The average molecular weight is 464 g/mol. The minimum absolute atomic E-state index is 0.0299. The highest BCUT2D eigenvalue weighted by Crippen LogP contribution is 2.30. The Hall–Kier alpha value is -1.64. The van der Waals surface area contributed by atoms with Crippen molar-refractivity contribution in [1.82, 2.24) is 9.62 Å². The number of ether oxygens (including phenoxy) is 1. The normalized spacial score (nSPS) is 21.3. The van der Waals surface area contributed by atoms with Gasteiger partial charge in [0.2, 0.25) is 10.0 Å². The smallest absolute Gasteiger partial charge is 0.251 e. The number of amides is 1. The molecule has 1 N–H and O–H groups in total. The molecule has 4 rings (SSSR count). The van der Waals surface area contributed by atoms with Crippen LogP contribution in [0.5, 0.6) is 0 Å². The SMILES string of the molecule is CS(=O)(=O)N1CCC(CNC(=O)c2ccc3c(c2)CCCN3CCC2CCOCC2)CC1. The molecule has 32 heavy (non-hydrogen) atoms. The Bertz CT molecular complexity index is 891. The molecule has 0 unspecified atom stereocenters. The second-order valence-electron chi connectivity index (χ2n) is 9.59. The lowest BCUT2D eigenvalue weighted by atomic mass is 9.94. The molecule has 0 saturated carbocycles. The Morgan fingerprint density at radius 1 is 1.09 bits per heavy atom. The molecule has 178 valence electrons. The fraction of sp³-hybridized carbons (Fsp3) is 0.708. The quantitative estimate of drug-likeness (QED) is 0.673. The highest BCUT2D eigenvalue weighted by Gasteiger charge is 2.25. The average Bonchev–Trinajstić information content (AvgIpc) is 2.81. The van der Waals surface area contributed by atoms with Gasteiger partial charge in [-0.1, -0.05) is 0 Å². The van der Waals surface area contributed by atoms with Crippen LogP contribution in [0.25, 0.3) is 0 Å². The van der Waals surface area contributed by atoms with Crippen LogP contribution in [0.1, 0.15) is 54.4 Å². The molecule has 0 atom stereocenters. The summed E-state index contributed by atoms with van der Waals surface area (Å²) in [6.45, 7) is 5.66. The van der Waals surface area contributed by atoms with Gasteiger partial charge in [-0.15, -0.1) is 0 Å². The zero-order valence-corrected chi connectivity index (χ0v) is 20.0. The number of nitrogens with zero attached hydrogens (tertiary/aromatic N) is 2. The molecular formula is C24H37N3O4S. The lowest BCUT2D eigenvalue weighted by Gasteiger charge is -2.33. The van der Waals surface area contributed by atoms with Gasteiger partial charge in [-0.25, -0.2) is 12.7 Å². The molecule has 0 radical (unpaired) electrons. The summed E-state index contributed by atoms with van der Waals surface area (Å²) in [6.07, 6.45) is 8.55. The first-order valence-corrected chi connectivity index (χ1v) is 13.9. The summed E-state index contributed by atoms with van der Waals surface area (Å²) in [5, 5.41) is 3.08. The Labute approximate surface area is 192 Å². The molecule has 3 aliphatic rings. The lowest BCUT2D eigenvalue weighted by molar-refractivity contribution is 0.0644. The topological polar surface area (TPSA) is 79.0 Å². The summed E-state index contributed by atoms with van der Waals surface area (Å²) in [6, 6.07) is 6.14. The Balaban J connectivity index is 1.29. The van der Waals surface area contributed by atoms with Crippen molar-refractivity contribution in [3.63, 3.8) is 0 Å². The molecule has 3 aliphatic heterocycles. The van der Waals surface area contributed by atoms with Crippen LogP contribution in [0.4, 0.5) is 5.69 Å². The third-order valence-electron chi connectivity index (χ3n) is 7.30. The van der Waals surface area contributed by atoms with Crippen molar-refractivity contribution in [2.45, 2.75) is 44.9 Å². The van der Waals surface area contributed by atoms with Crippen LogP contribution in [0.2, 0.25) is 0 Å². The zero-order chi connectivity index (χ0) is 22.6. The Morgan fingerprint density at radius 3 is 2.56 bits per heavy atom. The van der Waals surface area contributed by atoms with Crippen molar-refractivity contribution in [2.24, 2.45) is 11.8 Å². The van der Waals surface area contributed by atoms with E-state index in [1.807, 2.05) is 6.07 Å². The molecule has 0 spiro atoms. The molecule has 0 aliphatic carbocycles. The number of rotatable bonds is 7. The van der Waals surface area contributed by atoms with Crippen LogP contribution in [0.15, 0.2) is 18.2 Å². The van der Waals surface area contributed by atoms with Gasteiger partial charge in [0, 0.05) is 57.2 Å². The van der Waals surface area contributed by atoms with Gasteiger partial charge in [-0.3, -0.25) is 4.79 Å². The van der Waals surface area contributed by atoms with Gasteiger partial charge in [0.1, 0.15) is 0 Å². The molecule has 1 aromatic carbocycles. The van der Waals surface area contributed by atoms with Crippen LogP contribution in [0.3, 0.4) is 0 Å². The molecule has 1 amide bonds. The van der Waals surface area contributed by atoms with Crippen molar-refractivity contribution in [1.29, 1.82) is 0 Å². The predicted octanol–water partition coefficient (Wildman–Crippen LogP) is 2.66. The first kappa shape index (κ1) is 23.5. The van der Waals surface area contributed by atoms with E-state index in [1.54, 1.807) is 0 Å². The number of benzene rings is 1. The van der Waals surface area contributed by atoms with Gasteiger partial charge in [-0.05, 0) is 80.5 Å². The van der Waals surface area contributed by atoms with E-state index >= 15 is 0 Å². The van der Waals surface area contributed by atoms with Crippen molar-refractivity contribution >= 4 is 21.6 Å². The first-order chi connectivity index (χ1) is 15.4. The number of hydrogen-bond donors (Lipinski definition) is 1. The van der Waals surface area contributed by atoms with Gasteiger partial charge >= 0.3 is 0 Å². The van der Waals surface area contributed by atoms with E-state index in [9.17, 15) is 13.2 Å². The van der Waals surface area contributed by atoms with Gasteiger partial charge in [-0.2, -0.15) is 0 Å². The monoisotopic (exact) mass is 463 g/mol. The summed E-state index contributed by atoms with van der Waals surface area (Å²) in [4.78, 5) is 15.3. The van der Waals surface area contributed by atoms with E-state index in [2.05, 4.69) is 22.3 Å². The molecular weight excluding hydrogens is 426 g/mol. The summed E-state index contributed by atoms with van der Waals surface area (Å²) in [5.41, 5.74) is 3.29. The fourth-order valence-electron chi connectivity index (χ4n) is 5.21. The highest BCUT2D eigenvalue weighted by atomic mass is 32.2. The molecule has 0 aromatic heterocycles. The lowest BCUT2D eigenvalue weighted by Crippen LogP contribution is -2.41. The van der Waals surface area contributed by atoms with Crippen LogP contribution < -0.4 is 10.2 Å². The second kappa shape index (κ2) is 10.5. The first-order valence-electron chi connectivity index (χ1n) is 12.1. The molecule has 7 nitrogen and oxygen atoms in total. The minimum atomic E-state index is -3.11. The molecule has 3 heterocycles. The summed E-state index contributed by atoms with van der Waals surface area (Å²) in [5.74, 6) is 1.07. The third-order valence-corrected chi connectivity index (χ3v) is 8.60. The Morgan fingerprint density at radius 2 is 1.84 bits per heavy atom. The maximum atomic E-state index is 12.8. The molecule has 1 aromatic rings. The molecule has 2 saturated heterocycles. The number of sulfonamides is 1. The maximum Gasteiger partial charge on any atom is 0.251 e. The number of carbonyl (C=O) groups excluding carboxylic acids is 1. The van der Waals surface area contributed by atoms with Gasteiger partial charge in [0.15, 0.2) is 0 Å². The number of nitrogens with one attached hydrogen (secondary N) is 1.